The van der Waals surface area contributed by atoms with Crippen molar-refractivity contribution in [2.24, 2.45) is 5.92 Å². The van der Waals surface area contributed by atoms with Crippen molar-refractivity contribution < 1.29 is 4.74 Å². The molecule has 1 rings (SSSR count). The Balaban J connectivity index is 2.41. The van der Waals surface area contributed by atoms with Crippen LogP contribution in [0.25, 0.3) is 0 Å². The first-order chi connectivity index (χ1) is 6.74. The van der Waals surface area contributed by atoms with Crippen LogP contribution < -0.4 is 5.32 Å². The minimum atomic E-state index is 0.500. The van der Waals surface area contributed by atoms with Crippen molar-refractivity contribution in [3.8, 4) is 0 Å². The maximum atomic E-state index is 5.06. The van der Waals surface area contributed by atoms with Gasteiger partial charge in [-0.25, -0.2) is 0 Å². The number of methoxy groups -OCH3 is 1. The molecule has 4 heteroatoms. The molecule has 0 radical (unpaired) electrons. The fourth-order valence-corrected chi connectivity index (χ4v) is 1.54. The molecule has 1 aromatic rings. The number of ether oxygens (including phenoxy) is 1. The molecule has 0 spiro atoms. The summed E-state index contributed by atoms with van der Waals surface area (Å²) in [6.07, 6.45) is 3.55. The maximum absolute atomic E-state index is 5.06. The predicted molar refractivity (Wildman–Crippen MR) is 61.5 cm³/mol. The Morgan fingerprint density at radius 1 is 1.64 bits per heavy atom. The molecule has 1 N–H and O–H groups in total. The number of nitrogens with zero attached hydrogens (tertiary/aromatic N) is 1. The van der Waals surface area contributed by atoms with Crippen molar-refractivity contribution >= 4 is 21.6 Å². The third-order valence-corrected chi connectivity index (χ3v) is 2.50. The Morgan fingerprint density at radius 3 is 3.07 bits per heavy atom. The van der Waals surface area contributed by atoms with Crippen LogP contribution >= 0.6 is 15.9 Å². The molecule has 1 heterocycles. The fraction of sp³-hybridized carbons (Fsp3) is 0.500. The van der Waals surface area contributed by atoms with E-state index in [2.05, 4.69) is 33.2 Å². The van der Waals surface area contributed by atoms with Gasteiger partial charge in [-0.2, -0.15) is 0 Å². The van der Waals surface area contributed by atoms with E-state index in [0.29, 0.717) is 5.92 Å². The van der Waals surface area contributed by atoms with E-state index in [9.17, 15) is 0 Å². The highest BCUT2D eigenvalue weighted by molar-refractivity contribution is 9.10. The van der Waals surface area contributed by atoms with Gasteiger partial charge >= 0.3 is 0 Å². The van der Waals surface area contributed by atoms with Crippen molar-refractivity contribution in [1.29, 1.82) is 0 Å². The Kier molecular flexibility index (Phi) is 4.90. The van der Waals surface area contributed by atoms with Gasteiger partial charge in [-0.3, -0.25) is 4.98 Å². The number of hydrogen-bond donors (Lipinski definition) is 1. The number of hydrogen-bond acceptors (Lipinski definition) is 3. The normalized spacial score (nSPS) is 12.5. The van der Waals surface area contributed by atoms with E-state index in [-0.39, 0.29) is 0 Å². The molecule has 0 aromatic carbocycles. The highest BCUT2D eigenvalue weighted by Crippen LogP contribution is 2.19. The quantitative estimate of drug-likeness (QED) is 0.882. The van der Waals surface area contributed by atoms with Crippen molar-refractivity contribution in [1.82, 2.24) is 4.98 Å². The Bertz CT molecular complexity index is 281. The molecule has 1 unspecified atom stereocenters. The summed E-state index contributed by atoms with van der Waals surface area (Å²) >= 11 is 3.43. The molecule has 0 aliphatic carbocycles. The summed E-state index contributed by atoms with van der Waals surface area (Å²) < 4.78 is 6.05. The van der Waals surface area contributed by atoms with E-state index < -0.39 is 0 Å². The van der Waals surface area contributed by atoms with Crippen LogP contribution in [-0.2, 0) is 4.74 Å². The van der Waals surface area contributed by atoms with Gasteiger partial charge in [-0.05, 0) is 27.9 Å². The van der Waals surface area contributed by atoms with E-state index in [1.165, 1.54) is 0 Å². The van der Waals surface area contributed by atoms with E-state index in [4.69, 9.17) is 4.74 Å². The lowest BCUT2D eigenvalue weighted by molar-refractivity contribution is 0.164. The standard InChI is InChI=1S/C10H15BrN2O/c1-8(7-14-2)5-13-10-3-4-12-6-9(10)11/h3-4,6,8H,5,7H2,1-2H3,(H,12,13). The number of rotatable bonds is 5. The SMILES string of the molecule is COCC(C)CNc1ccncc1Br. The van der Waals surface area contributed by atoms with Crippen molar-refractivity contribution in [3.63, 3.8) is 0 Å². The first-order valence-corrected chi connectivity index (χ1v) is 5.35. The van der Waals surface area contributed by atoms with Gasteiger partial charge in [0, 0.05) is 26.0 Å². The van der Waals surface area contributed by atoms with Gasteiger partial charge in [0.25, 0.3) is 0 Å². The van der Waals surface area contributed by atoms with Crippen LogP contribution in [0.15, 0.2) is 22.9 Å². The average molecular weight is 259 g/mol. The number of aromatic nitrogens is 1. The summed E-state index contributed by atoms with van der Waals surface area (Å²) in [5.74, 6) is 0.500. The number of pyridine rings is 1. The fourth-order valence-electron chi connectivity index (χ4n) is 1.15. The second-order valence-corrected chi connectivity index (χ2v) is 4.15. The third kappa shape index (κ3) is 3.64. The van der Waals surface area contributed by atoms with Gasteiger partial charge in [-0.1, -0.05) is 6.92 Å². The van der Waals surface area contributed by atoms with Gasteiger partial charge in [0.1, 0.15) is 0 Å². The molecule has 0 aliphatic heterocycles. The predicted octanol–water partition coefficient (Wildman–Crippen LogP) is 2.54. The summed E-state index contributed by atoms with van der Waals surface area (Å²) in [4.78, 5) is 4.00. The summed E-state index contributed by atoms with van der Waals surface area (Å²) in [5, 5.41) is 3.33. The largest absolute Gasteiger partial charge is 0.384 e. The lowest BCUT2D eigenvalue weighted by Gasteiger charge is -2.13. The molecule has 14 heavy (non-hydrogen) atoms. The van der Waals surface area contributed by atoms with Gasteiger partial charge in [-0.15, -0.1) is 0 Å². The van der Waals surface area contributed by atoms with Crippen molar-refractivity contribution in [3.05, 3.63) is 22.9 Å². The minimum absolute atomic E-state index is 0.500. The van der Waals surface area contributed by atoms with Crippen LogP contribution in [0.1, 0.15) is 6.92 Å². The second-order valence-electron chi connectivity index (χ2n) is 3.30. The second kappa shape index (κ2) is 5.98. The molecule has 78 valence electrons. The minimum Gasteiger partial charge on any atom is -0.384 e. The van der Waals surface area contributed by atoms with Gasteiger partial charge in [0.15, 0.2) is 0 Å². The van der Waals surface area contributed by atoms with E-state index in [1.54, 1.807) is 19.5 Å². The summed E-state index contributed by atoms with van der Waals surface area (Å²) in [6.45, 7) is 3.82. The zero-order chi connectivity index (χ0) is 10.4. The molecule has 0 amide bonds. The van der Waals surface area contributed by atoms with Crippen LogP contribution in [0.4, 0.5) is 5.69 Å². The van der Waals surface area contributed by atoms with E-state index in [1.807, 2.05) is 6.07 Å². The molecule has 0 aliphatic rings. The monoisotopic (exact) mass is 258 g/mol. The molecule has 0 saturated carbocycles. The first kappa shape index (κ1) is 11.5. The molecule has 0 bridgehead atoms. The van der Waals surface area contributed by atoms with Crippen LogP contribution in [-0.4, -0.2) is 25.2 Å². The summed E-state index contributed by atoms with van der Waals surface area (Å²) in [7, 11) is 1.72. The topological polar surface area (TPSA) is 34.1 Å². The summed E-state index contributed by atoms with van der Waals surface area (Å²) in [5.41, 5.74) is 1.07. The summed E-state index contributed by atoms with van der Waals surface area (Å²) in [6, 6.07) is 1.95. The van der Waals surface area contributed by atoms with Crippen molar-refractivity contribution in [2.45, 2.75) is 6.92 Å². The van der Waals surface area contributed by atoms with Crippen LogP contribution in [0.3, 0.4) is 0 Å². The number of halogens is 1. The van der Waals surface area contributed by atoms with Crippen molar-refractivity contribution in [2.75, 3.05) is 25.6 Å². The Labute approximate surface area is 93.0 Å². The Morgan fingerprint density at radius 2 is 2.43 bits per heavy atom. The Hall–Kier alpha value is -0.610. The zero-order valence-electron chi connectivity index (χ0n) is 8.46. The molecule has 0 saturated heterocycles. The van der Waals surface area contributed by atoms with Gasteiger partial charge < -0.3 is 10.1 Å². The third-order valence-electron chi connectivity index (χ3n) is 1.86. The molecule has 0 fully saturated rings. The molecular weight excluding hydrogens is 244 g/mol. The number of anilines is 1. The molecule has 3 nitrogen and oxygen atoms in total. The first-order valence-electron chi connectivity index (χ1n) is 4.56. The lowest BCUT2D eigenvalue weighted by Crippen LogP contribution is -2.15. The zero-order valence-corrected chi connectivity index (χ0v) is 10.0. The average Bonchev–Trinajstić information content (AvgIpc) is 2.17. The van der Waals surface area contributed by atoms with Crippen LogP contribution in [0.5, 0.6) is 0 Å². The van der Waals surface area contributed by atoms with E-state index in [0.717, 1.165) is 23.3 Å². The van der Waals surface area contributed by atoms with Gasteiger partial charge in [0.2, 0.25) is 0 Å². The lowest BCUT2D eigenvalue weighted by atomic mass is 10.2. The van der Waals surface area contributed by atoms with Crippen LogP contribution in [0.2, 0.25) is 0 Å². The van der Waals surface area contributed by atoms with E-state index >= 15 is 0 Å². The highest BCUT2D eigenvalue weighted by atomic mass is 79.9. The molecular formula is C10H15BrN2O. The van der Waals surface area contributed by atoms with Gasteiger partial charge in [0.05, 0.1) is 16.8 Å². The maximum Gasteiger partial charge on any atom is 0.0590 e. The smallest absolute Gasteiger partial charge is 0.0590 e. The highest BCUT2D eigenvalue weighted by Gasteiger charge is 2.02. The molecule has 1 aromatic heterocycles. The molecule has 1 atom stereocenters. The van der Waals surface area contributed by atoms with Crippen LogP contribution in [0, 0.1) is 5.92 Å². The number of nitrogens with one attached hydrogen (secondary N) is 1.